The van der Waals surface area contributed by atoms with Gasteiger partial charge < -0.3 is 21.3 Å². The van der Waals surface area contributed by atoms with Crippen molar-refractivity contribution >= 4 is 5.91 Å². The predicted octanol–water partition coefficient (Wildman–Crippen LogP) is -0.395. The topological polar surface area (TPSA) is 75.6 Å². The van der Waals surface area contributed by atoms with E-state index in [1.807, 2.05) is 0 Å². The summed E-state index contributed by atoms with van der Waals surface area (Å²) in [6.07, 6.45) is 3.50. The van der Waals surface area contributed by atoms with Crippen LogP contribution in [0.3, 0.4) is 0 Å². The minimum absolute atomic E-state index is 0.358. The summed E-state index contributed by atoms with van der Waals surface area (Å²) in [6.45, 7) is 2.01. The molecule has 0 aliphatic heterocycles. The van der Waals surface area contributed by atoms with E-state index < -0.39 is 5.54 Å². The molecule has 0 aromatic carbocycles. The summed E-state index contributed by atoms with van der Waals surface area (Å²) in [5, 5.41) is 0. The predicted molar refractivity (Wildman–Crippen MR) is 69.6 cm³/mol. The highest BCUT2D eigenvalue weighted by Gasteiger charge is 2.38. The number of carbonyl (C=O) groups excluding carboxylic acids is 1. The monoisotopic (exact) mass is 242 g/mol. The van der Waals surface area contributed by atoms with Crippen molar-refractivity contribution in [3.63, 3.8) is 0 Å². The van der Waals surface area contributed by atoms with E-state index in [1.54, 1.807) is 0 Å². The molecule has 0 bridgehead atoms. The first-order valence-electron chi connectivity index (χ1n) is 6.29. The number of hydrogen-bond donors (Lipinski definition) is 2. The van der Waals surface area contributed by atoms with Crippen LogP contribution in [0.15, 0.2) is 0 Å². The van der Waals surface area contributed by atoms with E-state index in [0.29, 0.717) is 12.5 Å². The Hall–Kier alpha value is -0.650. The third-order valence-electron chi connectivity index (χ3n) is 3.77. The molecule has 0 aromatic rings. The van der Waals surface area contributed by atoms with E-state index in [9.17, 15) is 4.79 Å². The minimum atomic E-state index is -0.796. The molecule has 100 valence electrons. The fraction of sp³-hybridized carbons (Fsp3) is 0.917. The Morgan fingerprint density at radius 1 is 1.35 bits per heavy atom. The lowest BCUT2D eigenvalue weighted by Crippen LogP contribution is -2.58. The molecule has 4 N–H and O–H groups in total. The molecule has 0 spiro atoms. The van der Waals surface area contributed by atoms with Gasteiger partial charge >= 0.3 is 0 Å². The van der Waals surface area contributed by atoms with E-state index in [2.05, 4.69) is 30.9 Å². The second-order valence-corrected chi connectivity index (χ2v) is 5.55. The van der Waals surface area contributed by atoms with Crippen molar-refractivity contribution < 1.29 is 4.79 Å². The number of hydrogen-bond acceptors (Lipinski definition) is 4. The Bertz CT molecular complexity index is 269. The molecule has 1 fully saturated rings. The maximum Gasteiger partial charge on any atom is 0.237 e. The number of likely N-dealkylation sites (N-methyl/N-ethyl adjacent to an activating group) is 2. The van der Waals surface area contributed by atoms with Crippen molar-refractivity contribution in [3.8, 4) is 0 Å². The average Bonchev–Trinajstić information content (AvgIpc) is 2.25. The van der Waals surface area contributed by atoms with Gasteiger partial charge in [-0.05, 0) is 46.8 Å². The van der Waals surface area contributed by atoms with E-state index >= 15 is 0 Å². The number of carbonyl (C=O) groups is 1. The first-order valence-corrected chi connectivity index (χ1v) is 6.29. The summed E-state index contributed by atoms with van der Waals surface area (Å²) in [4.78, 5) is 15.8. The van der Waals surface area contributed by atoms with Crippen LogP contribution in [0.1, 0.15) is 25.7 Å². The molecule has 1 saturated carbocycles. The average molecular weight is 242 g/mol. The summed E-state index contributed by atoms with van der Waals surface area (Å²) in [6, 6.07) is 0.376. The Balaban J connectivity index is 2.51. The highest BCUT2D eigenvalue weighted by atomic mass is 16.1. The standard InChI is InChI=1S/C12H26N4O/c1-15(2)7-8-16(3)10-5-4-6-12(14,9-10)11(13)17/h10H,4-9,14H2,1-3H3,(H2,13,17). The molecule has 2 atom stereocenters. The molecule has 0 saturated heterocycles. The molecule has 0 radical (unpaired) electrons. The van der Waals surface area contributed by atoms with E-state index in [0.717, 1.165) is 32.4 Å². The van der Waals surface area contributed by atoms with Crippen LogP contribution in [0, 0.1) is 0 Å². The lowest BCUT2D eigenvalue weighted by Gasteiger charge is -2.40. The van der Waals surface area contributed by atoms with Gasteiger partial charge in [-0.25, -0.2) is 0 Å². The molecule has 0 aromatic heterocycles. The fourth-order valence-electron chi connectivity index (χ4n) is 2.42. The van der Waals surface area contributed by atoms with Crippen LogP contribution in [0.5, 0.6) is 0 Å². The first-order chi connectivity index (χ1) is 7.85. The van der Waals surface area contributed by atoms with Gasteiger partial charge in [0.1, 0.15) is 0 Å². The maximum atomic E-state index is 11.4. The number of primary amides is 1. The molecule has 17 heavy (non-hydrogen) atoms. The van der Waals surface area contributed by atoms with Crippen molar-refractivity contribution in [2.45, 2.75) is 37.3 Å². The zero-order valence-corrected chi connectivity index (χ0v) is 11.3. The Morgan fingerprint density at radius 3 is 2.53 bits per heavy atom. The quantitative estimate of drug-likeness (QED) is 0.688. The second kappa shape index (κ2) is 5.80. The van der Waals surface area contributed by atoms with Gasteiger partial charge in [-0.3, -0.25) is 4.79 Å². The molecule has 1 aliphatic rings. The number of nitrogens with zero attached hydrogens (tertiary/aromatic N) is 2. The van der Waals surface area contributed by atoms with Crippen LogP contribution in [0.4, 0.5) is 0 Å². The Labute approximate surface area is 104 Å². The molecule has 1 rings (SSSR count). The van der Waals surface area contributed by atoms with E-state index in [1.165, 1.54) is 0 Å². The number of nitrogens with two attached hydrogens (primary N) is 2. The lowest BCUT2D eigenvalue weighted by molar-refractivity contribution is -0.125. The van der Waals surface area contributed by atoms with Crippen LogP contribution >= 0.6 is 0 Å². The van der Waals surface area contributed by atoms with Crippen LogP contribution in [-0.4, -0.2) is 61.5 Å². The highest BCUT2D eigenvalue weighted by Crippen LogP contribution is 2.28. The second-order valence-electron chi connectivity index (χ2n) is 5.55. The minimum Gasteiger partial charge on any atom is -0.368 e. The summed E-state index contributed by atoms with van der Waals surface area (Å²) in [5.41, 5.74) is 10.7. The van der Waals surface area contributed by atoms with Gasteiger partial charge in [0, 0.05) is 19.1 Å². The van der Waals surface area contributed by atoms with Crippen molar-refractivity contribution in [1.82, 2.24) is 9.80 Å². The zero-order valence-electron chi connectivity index (χ0n) is 11.3. The molecule has 1 aliphatic carbocycles. The first kappa shape index (κ1) is 14.4. The third-order valence-corrected chi connectivity index (χ3v) is 3.77. The zero-order chi connectivity index (χ0) is 13.1. The highest BCUT2D eigenvalue weighted by molar-refractivity contribution is 5.84. The maximum absolute atomic E-state index is 11.4. The third kappa shape index (κ3) is 3.94. The van der Waals surface area contributed by atoms with Gasteiger partial charge in [0.15, 0.2) is 0 Å². The summed E-state index contributed by atoms with van der Waals surface area (Å²) >= 11 is 0. The molecular weight excluding hydrogens is 216 g/mol. The van der Waals surface area contributed by atoms with Crippen LogP contribution in [-0.2, 0) is 4.79 Å². The summed E-state index contributed by atoms with van der Waals surface area (Å²) in [5.74, 6) is -0.358. The van der Waals surface area contributed by atoms with Crippen molar-refractivity contribution in [1.29, 1.82) is 0 Å². The molecule has 5 heteroatoms. The molecule has 2 unspecified atom stereocenters. The van der Waals surface area contributed by atoms with E-state index in [-0.39, 0.29) is 5.91 Å². The fourth-order valence-corrected chi connectivity index (χ4v) is 2.42. The lowest BCUT2D eigenvalue weighted by atomic mass is 9.79. The molecular formula is C12H26N4O. The van der Waals surface area contributed by atoms with Gasteiger partial charge in [0.2, 0.25) is 5.91 Å². The smallest absolute Gasteiger partial charge is 0.237 e. The number of rotatable bonds is 5. The van der Waals surface area contributed by atoms with Crippen LogP contribution in [0.2, 0.25) is 0 Å². The van der Waals surface area contributed by atoms with E-state index in [4.69, 9.17) is 11.5 Å². The number of amides is 1. The largest absolute Gasteiger partial charge is 0.368 e. The molecule has 0 heterocycles. The van der Waals surface area contributed by atoms with Crippen LogP contribution < -0.4 is 11.5 Å². The van der Waals surface area contributed by atoms with Crippen molar-refractivity contribution in [3.05, 3.63) is 0 Å². The van der Waals surface area contributed by atoms with Gasteiger partial charge in [-0.15, -0.1) is 0 Å². The van der Waals surface area contributed by atoms with Gasteiger partial charge in [-0.1, -0.05) is 0 Å². The SMILES string of the molecule is CN(C)CCN(C)C1CCCC(N)(C(N)=O)C1. The van der Waals surface area contributed by atoms with Crippen LogP contribution in [0.25, 0.3) is 0 Å². The van der Waals surface area contributed by atoms with Crippen molar-refractivity contribution in [2.75, 3.05) is 34.2 Å². The Morgan fingerprint density at radius 2 is 2.00 bits per heavy atom. The molecule has 1 amide bonds. The van der Waals surface area contributed by atoms with Gasteiger partial charge in [0.25, 0.3) is 0 Å². The Kier molecular flexibility index (Phi) is 4.91. The molecule has 5 nitrogen and oxygen atoms in total. The summed E-state index contributed by atoms with van der Waals surface area (Å²) in [7, 11) is 6.22. The van der Waals surface area contributed by atoms with Crippen molar-refractivity contribution in [2.24, 2.45) is 11.5 Å². The van der Waals surface area contributed by atoms with Gasteiger partial charge in [0.05, 0.1) is 5.54 Å². The van der Waals surface area contributed by atoms with Gasteiger partial charge in [-0.2, -0.15) is 0 Å². The normalized spacial score (nSPS) is 29.9. The summed E-state index contributed by atoms with van der Waals surface area (Å²) < 4.78 is 0.